The number of rotatable bonds is 8. The molecule has 1 N–H and O–H groups in total. The number of ether oxygens (including phenoxy) is 2. The first kappa shape index (κ1) is 22.1. The minimum Gasteiger partial charge on any atom is -0.494 e. The fraction of sp³-hybridized carbons (Fsp3) is 0.500. The Kier molecular flexibility index (Phi) is 8.07. The van der Waals surface area contributed by atoms with E-state index in [1.807, 2.05) is 36.1 Å². The molecule has 1 heterocycles. The first-order valence-corrected chi connectivity index (χ1v) is 11.4. The number of carbonyl (C=O) groups is 2. The van der Waals surface area contributed by atoms with Crippen LogP contribution in [0.25, 0.3) is 0 Å². The molecular formula is C22H29N3O4S. The van der Waals surface area contributed by atoms with Crippen LogP contribution in [0.5, 0.6) is 5.75 Å². The highest BCUT2D eigenvalue weighted by molar-refractivity contribution is 7.09. The summed E-state index contributed by atoms with van der Waals surface area (Å²) in [4.78, 5) is 31.3. The van der Waals surface area contributed by atoms with Gasteiger partial charge in [0.2, 0.25) is 0 Å². The highest BCUT2D eigenvalue weighted by Gasteiger charge is 2.27. The zero-order valence-corrected chi connectivity index (χ0v) is 18.4. The van der Waals surface area contributed by atoms with Gasteiger partial charge in [-0.05, 0) is 51.0 Å². The zero-order chi connectivity index (χ0) is 21.3. The molecule has 1 aliphatic carbocycles. The molecule has 8 heteroatoms. The molecule has 1 aromatic carbocycles. The van der Waals surface area contributed by atoms with Crippen LogP contribution in [-0.4, -0.2) is 41.1 Å². The van der Waals surface area contributed by atoms with Crippen LogP contribution in [0.3, 0.4) is 0 Å². The van der Waals surface area contributed by atoms with Gasteiger partial charge in [0.15, 0.2) is 5.69 Å². The second-order valence-corrected chi connectivity index (χ2v) is 8.10. The van der Waals surface area contributed by atoms with E-state index < -0.39 is 5.97 Å². The molecule has 1 aliphatic rings. The van der Waals surface area contributed by atoms with Gasteiger partial charge in [0.25, 0.3) is 0 Å². The molecule has 2 amide bonds. The number of hydrogen-bond acceptors (Lipinski definition) is 6. The fourth-order valence-electron chi connectivity index (χ4n) is 3.58. The molecule has 3 rings (SSSR count). The number of thiazole rings is 1. The lowest BCUT2D eigenvalue weighted by molar-refractivity contribution is 0.0520. The molecule has 0 aliphatic heterocycles. The van der Waals surface area contributed by atoms with Crippen molar-refractivity contribution in [2.45, 2.75) is 58.5 Å². The summed E-state index contributed by atoms with van der Waals surface area (Å²) in [6.45, 7) is 4.98. The van der Waals surface area contributed by atoms with Gasteiger partial charge in [-0.1, -0.05) is 19.3 Å². The average molecular weight is 432 g/mol. The molecule has 1 saturated carbocycles. The van der Waals surface area contributed by atoms with Crippen LogP contribution < -0.4 is 10.1 Å². The van der Waals surface area contributed by atoms with Gasteiger partial charge >= 0.3 is 12.0 Å². The van der Waals surface area contributed by atoms with Crippen LogP contribution in [0.2, 0.25) is 0 Å². The second kappa shape index (κ2) is 11.0. The first-order chi connectivity index (χ1) is 14.6. The Balaban J connectivity index is 1.71. The van der Waals surface area contributed by atoms with Crippen molar-refractivity contribution in [3.05, 3.63) is 40.3 Å². The SMILES string of the molecule is CCOC(=O)c1csc(CN(C(=O)Nc2ccc(OCC)cc2)C2CCCCC2)n1. The molecule has 30 heavy (non-hydrogen) atoms. The smallest absolute Gasteiger partial charge is 0.357 e. The number of benzene rings is 1. The Morgan fingerprint density at radius 2 is 1.87 bits per heavy atom. The maximum Gasteiger partial charge on any atom is 0.357 e. The van der Waals surface area contributed by atoms with Gasteiger partial charge in [-0.15, -0.1) is 11.3 Å². The average Bonchev–Trinajstić information content (AvgIpc) is 3.23. The fourth-order valence-corrected chi connectivity index (χ4v) is 4.35. The Labute approximate surface area is 181 Å². The van der Waals surface area contributed by atoms with Crippen molar-refractivity contribution in [3.63, 3.8) is 0 Å². The molecule has 0 bridgehead atoms. The number of anilines is 1. The maximum atomic E-state index is 13.1. The zero-order valence-electron chi connectivity index (χ0n) is 17.6. The number of esters is 1. The largest absolute Gasteiger partial charge is 0.494 e. The molecule has 162 valence electrons. The predicted octanol–water partition coefficient (Wildman–Crippen LogP) is 5.09. The van der Waals surface area contributed by atoms with E-state index in [9.17, 15) is 9.59 Å². The molecular weight excluding hydrogens is 402 g/mol. The van der Waals surface area contributed by atoms with Crippen molar-refractivity contribution in [1.82, 2.24) is 9.88 Å². The van der Waals surface area contributed by atoms with Gasteiger partial charge in [0.05, 0.1) is 19.8 Å². The van der Waals surface area contributed by atoms with Crippen LogP contribution in [0.15, 0.2) is 29.6 Å². The molecule has 7 nitrogen and oxygen atoms in total. The summed E-state index contributed by atoms with van der Waals surface area (Å²) < 4.78 is 10.5. The predicted molar refractivity (Wildman–Crippen MR) is 117 cm³/mol. The van der Waals surface area contributed by atoms with E-state index in [-0.39, 0.29) is 12.1 Å². The summed E-state index contributed by atoms with van der Waals surface area (Å²) in [5.41, 5.74) is 1.02. The van der Waals surface area contributed by atoms with Crippen molar-refractivity contribution in [2.75, 3.05) is 18.5 Å². The number of nitrogens with zero attached hydrogens (tertiary/aromatic N) is 2. The summed E-state index contributed by atoms with van der Waals surface area (Å²) in [5.74, 6) is 0.344. The van der Waals surface area contributed by atoms with Gasteiger partial charge < -0.3 is 19.7 Å². The van der Waals surface area contributed by atoms with Crippen LogP contribution >= 0.6 is 11.3 Å². The summed E-state index contributed by atoms with van der Waals surface area (Å²) >= 11 is 1.38. The van der Waals surface area contributed by atoms with Crippen molar-refractivity contribution in [1.29, 1.82) is 0 Å². The molecule has 1 fully saturated rings. The highest BCUT2D eigenvalue weighted by Crippen LogP contribution is 2.26. The van der Waals surface area contributed by atoms with Crippen molar-refractivity contribution < 1.29 is 19.1 Å². The summed E-state index contributed by atoms with van der Waals surface area (Å²) in [6, 6.07) is 7.37. The van der Waals surface area contributed by atoms with E-state index in [0.29, 0.717) is 25.5 Å². The van der Waals surface area contributed by atoms with Crippen LogP contribution in [0.4, 0.5) is 10.5 Å². The minimum atomic E-state index is -0.428. The number of aromatic nitrogens is 1. The van der Waals surface area contributed by atoms with Crippen molar-refractivity contribution in [3.8, 4) is 5.75 Å². The molecule has 1 aromatic heterocycles. The Morgan fingerprint density at radius 1 is 1.13 bits per heavy atom. The topological polar surface area (TPSA) is 80.8 Å². The summed E-state index contributed by atoms with van der Waals surface area (Å²) in [5, 5.41) is 5.41. The Morgan fingerprint density at radius 3 is 2.53 bits per heavy atom. The van der Waals surface area contributed by atoms with Crippen LogP contribution in [0.1, 0.15) is 61.4 Å². The number of amides is 2. The van der Waals surface area contributed by atoms with Crippen molar-refractivity contribution >= 4 is 29.0 Å². The van der Waals surface area contributed by atoms with E-state index >= 15 is 0 Å². The number of nitrogens with one attached hydrogen (secondary N) is 1. The van der Waals surface area contributed by atoms with E-state index in [1.165, 1.54) is 17.8 Å². The lowest BCUT2D eigenvalue weighted by atomic mass is 9.94. The monoisotopic (exact) mass is 431 g/mol. The van der Waals surface area contributed by atoms with E-state index in [2.05, 4.69) is 10.3 Å². The van der Waals surface area contributed by atoms with Gasteiger partial charge in [-0.25, -0.2) is 14.6 Å². The lowest BCUT2D eigenvalue weighted by Crippen LogP contribution is -2.43. The molecule has 0 radical (unpaired) electrons. The highest BCUT2D eigenvalue weighted by atomic mass is 32.1. The van der Waals surface area contributed by atoms with Gasteiger partial charge in [0, 0.05) is 17.1 Å². The number of urea groups is 1. The molecule has 0 spiro atoms. The number of carbonyl (C=O) groups excluding carboxylic acids is 2. The van der Waals surface area contributed by atoms with E-state index in [4.69, 9.17) is 9.47 Å². The van der Waals surface area contributed by atoms with Gasteiger partial charge in [-0.2, -0.15) is 0 Å². The van der Waals surface area contributed by atoms with E-state index in [1.54, 1.807) is 12.3 Å². The summed E-state index contributed by atoms with van der Waals surface area (Å²) in [7, 11) is 0. The first-order valence-electron chi connectivity index (χ1n) is 10.5. The maximum absolute atomic E-state index is 13.1. The quantitative estimate of drug-likeness (QED) is 0.589. The normalized spacial score (nSPS) is 14.2. The van der Waals surface area contributed by atoms with Gasteiger partial charge in [-0.3, -0.25) is 0 Å². The third-order valence-corrected chi connectivity index (χ3v) is 5.87. The third kappa shape index (κ3) is 5.95. The second-order valence-electron chi connectivity index (χ2n) is 7.15. The van der Waals surface area contributed by atoms with E-state index in [0.717, 1.165) is 42.1 Å². The van der Waals surface area contributed by atoms with Crippen LogP contribution in [0, 0.1) is 0 Å². The molecule has 0 atom stereocenters. The van der Waals surface area contributed by atoms with Crippen LogP contribution in [-0.2, 0) is 11.3 Å². The third-order valence-electron chi connectivity index (χ3n) is 5.03. The Bertz CT molecular complexity index is 831. The Hall–Kier alpha value is -2.61. The lowest BCUT2D eigenvalue weighted by Gasteiger charge is -2.33. The standard InChI is InChI=1S/C22H29N3O4S/c1-3-28-18-12-10-16(11-13-18)23-22(27)25(17-8-6-5-7-9-17)14-20-24-19(15-30-20)21(26)29-4-2/h10-13,15,17H,3-9,14H2,1-2H3,(H,23,27). The molecule has 0 unspecified atom stereocenters. The minimum absolute atomic E-state index is 0.154. The van der Waals surface area contributed by atoms with Gasteiger partial charge in [0.1, 0.15) is 10.8 Å². The number of hydrogen-bond donors (Lipinski definition) is 1. The molecule has 0 saturated heterocycles. The summed E-state index contributed by atoms with van der Waals surface area (Å²) in [6.07, 6.45) is 5.39. The molecule has 2 aromatic rings. The van der Waals surface area contributed by atoms with Crippen molar-refractivity contribution in [2.24, 2.45) is 0 Å².